The molecule has 2 nitrogen and oxygen atoms in total. The third-order valence-corrected chi connectivity index (χ3v) is 4.51. The lowest BCUT2D eigenvalue weighted by molar-refractivity contribution is 0.324. The molecule has 1 aromatic rings. The summed E-state index contributed by atoms with van der Waals surface area (Å²) < 4.78 is 14.1. The molecule has 0 heterocycles. The van der Waals surface area contributed by atoms with Crippen LogP contribution in [-0.2, 0) is 6.54 Å². The fraction of sp³-hybridized carbons (Fsp3) is 0.647. The maximum atomic E-state index is 14.1. The van der Waals surface area contributed by atoms with E-state index in [4.69, 9.17) is 0 Å². The normalized spacial score (nSPS) is 12.1. The van der Waals surface area contributed by atoms with E-state index in [9.17, 15) is 4.39 Å². The molecule has 1 N–H and O–H groups in total. The summed E-state index contributed by atoms with van der Waals surface area (Å²) in [6, 6.07) is 5.37. The number of hydrogen-bond acceptors (Lipinski definition) is 3. The van der Waals surface area contributed by atoms with E-state index >= 15 is 0 Å². The molecule has 1 aromatic carbocycles. The lowest BCUT2D eigenvalue weighted by atomic mass is 10.1. The zero-order valence-electron chi connectivity index (χ0n) is 14.0. The molecule has 0 spiro atoms. The maximum Gasteiger partial charge on any atom is 0.128 e. The number of nitrogens with zero attached hydrogens (tertiary/aromatic N) is 1. The van der Waals surface area contributed by atoms with Crippen molar-refractivity contribution >= 4 is 11.8 Å². The van der Waals surface area contributed by atoms with Crippen LogP contribution in [0.1, 0.15) is 40.2 Å². The third-order valence-electron chi connectivity index (χ3n) is 3.43. The van der Waals surface area contributed by atoms with Crippen LogP contribution in [0.5, 0.6) is 0 Å². The van der Waals surface area contributed by atoms with Crippen LogP contribution in [0.2, 0.25) is 0 Å². The van der Waals surface area contributed by atoms with Gasteiger partial charge in [0.1, 0.15) is 5.82 Å². The van der Waals surface area contributed by atoms with Gasteiger partial charge in [-0.3, -0.25) is 0 Å². The van der Waals surface area contributed by atoms with Crippen LogP contribution in [-0.4, -0.2) is 35.8 Å². The molecule has 0 bridgehead atoms. The molecule has 0 radical (unpaired) electrons. The lowest BCUT2D eigenvalue weighted by Gasteiger charge is -2.22. The van der Waals surface area contributed by atoms with Gasteiger partial charge in [0.05, 0.1) is 0 Å². The summed E-state index contributed by atoms with van der Waals surface area (Å²) in [6.07, 6.45) is 0. The molecular weight excluding hydrogens is 283 g/mol. The topological polar surface area (TPSA) is 15.3 Å². The zero-order chi connectivity index (χ0) is 15.9. The van der Waals surface area contributed by atoms with Gasteiger partial charge in [-0.2, -0.15) is 0 Å². The molecule has 0 saturated carbocycles. The predicted molar refractivity (Wildman–Crippen MR) is 91.5 cm³/mol. The molecule has 1 rings (SSSR count). The molecule has 4 heteroatoms. The fourth-order valence-corrected chi connectivity index (χ4v) is 3.11. The van der Waals surface area contributed by atoms with Crippen LogP contribution in [0.25, 0.3) is 0 Å². The molecule has 0 saturated heterocycles. The Labute approximate surface area is 133 Å². The largest absolute Gasteiger partial charge is 0.308 e. The average molecular weight is 312 g/mol. The summed E-state index contributed by atoms with van der Waals surface area (Å²) in [5, 5.41) is 3.38. The monoisotopic (exact) mass is 312 g/mol. The molecule has 0 unspecified atom stereocenters. The Hall–Kier alpha value is -0.580. The van der Waals surface area contributed by atoms with Gasteiger partial charge in [0.2, 0.25) is 0 Å². The summed E-state index contributed by atoms with van der Waals surface area (Å²) in [5.41, 5.74) is 0.780. The number of nitrogens with one attached hydrogen (secondary N) is 1. The minimum atomic E-state index is -0.111. The number of rotatable bonds is 8. The second-order valence-corrected chi connectivity index (χ2v) is 7.33. The Balaban J connectivity index is 2.66. The highest BCUT2D eigenvalue weighted by Crippen LogP contribution is 2.25. The van der Waals surface area contributed by atoms with Crippen LogP contribution < -0.4 is 5.32 Å². The average Bonchev–Trinajstić information content (AvgIpc) is 2.41. The van der Waals surface area contributed by atoms with Crippen molar-refractivity contribution in [3.05, 3.63) is 29.6 Å². The summed E-state index contributed by atoms with van der Waals surface area (Å²) in [6.45, 7) is 14.4. The van der Waals surface area contributed by atoms with E-state index in [-0.39, 0.29) is 11.4 Å². The van der Waals surface area contributed by atoms with E-state index in [1.165, 1.54) is 0 Å². The second kappa shape index (κ2) is 8.76. The van der Waals surface area contributed by atoms with Crippen molar-refractivity contribution in [2.24, 2.45) is 0 Å². The minimum Gasteiger partial charge on any atom is -0.308 e. The summed E-state index contributed by atoms with van der Waals surface area (Å²) in [5.74, 6) is 0.882. The Morgan fingerprint density at radius 1 is 1.19 bits per heavy atom. The smallest absolute Gasteiger partial charge is 0.128 e. The van der Waals surface area contributed by atoms with Crippen molar-refractivity contribution < 1.29 is 4.39 Å². The van der Waals surface area contributed by atoms with Crippen molar-refractivity contribution in [1.29, 1.82) is 0 Å². The first-order chi connectivity index (χ1) is 9.87. The summed E-state index contributed by atoms with van der Waals surface area (Å²) in [7, 11) is 0. The minimum absolute atomic E-state index is 0.00849. The Morgan fingerprint density at radius 2 is 1.86 bits per heavy atom. The van der Waals surface area contributed by atoms with Crippen molar-refractivity contribution in [2.75, 3.05) is 25.4 Å². The van der Waals surface area contributed by atoms with Gasteiger partial charge < -0.3 is 10.2 Å². The SMILES string of the molecule is CCN(CC)CCSc1cccc(F)c1CNC(C)(C)C. The van der Waals surface area contributed by atoms with E-state index in [1.54, 1.807) is 23.9 Å². The highest BCUT2D eigenvalue weighted by Gasteiger charge is 2.14. The van der Waals surface area contributed by atoms with Gasteiger partial charge in [-0.15, -0.1) is 11.8 Å². The lowest BCUT2D eigenvalue weighted by Crippen LogP contribution is -2.35. The molecule has 0 amide bonds. The molecular formula is C17H29FN2S. The summed E-state index contributed by atoms with van der Waals surface area (Å²) in [4.78, 5) is 3.44. The predicted octanol–water partition coefficient (Wildman–Crippen LogP) is 4.15. The van der Waals surface area contributed by atoms with Gasteiger partial charge in [0.25, 0.3) is 0 Å². The molecule has 120 valence electrons. The Kier molecular flexibility index (Phi) is 7.71. The molecule has 0 aromatic heterocycles. The van der Waals surface area contributed by atoms with Crippen molar-refractivity contribution in [3.8, 4) is 0 Å². The third kappa shape index (κ3) is 6.81. The quantitative estimate of drug-likeness (QED) is 0.726. The van der Waals surface area contributed by atoms with Crippen LogP contribution >= 0.6 is 11.8 Å². The molecule has 0 atom stereocenters. The second-order valence-electron chi connectivity index (χ2n) is 6.20. The van der Waals surface area contributed by atoms with Crippen molar-refractivity contribution in [2.45, 2.75) is 51.6 Å². The maximum absolute atomic E-state index is 14.1. The Bertz CT molecular complexity index is 425. The van der Waals surface area contributed by atoms with Crippen molar-refractivity contribution in [3.63, 3.8) is 0 Å². The molecule has 0 aliphatic rings. The van der Waals surface area contributed by atoms with Gasteiger partial charge in [0, 0.05) is 34.8 Å². The zero-order valence-corrected chi connectivity index (χ0v) is 14.8. The molecule has 21 heavy (non-hydrogen) atoms. The standard InChI is InChI=1S/C17H29FN2S/c1-6-20(7-2)11-12-21-16-10-8-9-15(18)14(16)13-19-17(3,4)5/h8-10,19H,6-7,11-13H2,1-5H3. The van der Waals surface area contributed by atoms with E-state index in [0.29, 0.717) is 6.54 Å². The van der Waals surface area contributed by atoms with Gasteiger partial charge in [-0.25, -0.2) is 4.39 Å². The van der Waals surface area contributed by atoms with E-state index in [1.807, 2.05) is 6.07 Å². The van der Waals surface area contributed by atoms with Crippen LogP contribution in [0.15, 0.2) is 23.1 Å². The first-order valence-corrected chi connectivity index (χ1v) is 8.73. The van der Waals surface area contributed by atoms with E-state index in [2.05, 4.69) is 44.8 Å². The van der Waals surface area contributed by atoms with Crippen LogP contribution in [0, 0.1) is 5.82 Å². The molecule has 0 aliphatic carbocycles. The highest BCUT2D eigenvalue weighted by atomic mass is 32.2. The van der Waals surface area contributed by atoms with Gasteiger partial charge >= 0.3 is 0 Å². The van der Waals surface area contributed by atoms with Crippen molar-refractivity contribution in [1.82, 2.24) is 10.2 Å². The van der Waals surface area contributed by atoms with E-state index in [0.717, 1.165) is 35.8 Å². The van der Waals surface area contributed by atoms with Crippen LogP contribution in [0.4, 0.5) is 4.39 Å². The number of thioether (sulfide) groups is 1. The summed E-state index contributed by atoms with van der Waals surface area (Å²) >= 11 is 1.75. The van der Waals surface area contributed by atoms with E-state index < -0.39 is 0 Å². The number of halogens is 1. The first kappa shape index (κ1) is 18.5. The highest BCUT2D eigenvalue weighted by molar-refractivity contribution is 7.99. The van der Waals surface area contributed by atoms with Gasteiger partial charge in [0.15, 0.2) is 0 Å². The molecule has 0 fully saturated rings. The van der Waals surface area contributed by atoms with Gasteiger partial charge in [-0.1, -0.05) is 19.9 Å². The van der Waals surface area contributed by atoms with Crippen LogP contribution in [0.3, 0.4) is 0 Å². The molecule has 0 aliphatic heterocycles. The van der Waals surface area contributed by atoms with Gasteiger partial charge in [-0.05, 0) is 46.0 Å². The first-order valence-electron chi connectivity index (χ1n) is 7.75. The number of hydrogen-bond donors (Lipinski definition) is 1. The number of benzene rings is 1. The fourth-order valence-electron chi connectivity index (χ4n) is 2.02. The Morgan fingerprint density at radius 3 is 2.43 bits per heavy atom.